The van der Waals surface area contributed by atoms with Crippen LogP contribution in [0.1, 0.15) is 18.1 Å². The number of amides is 1. The molecule has 0 bridgehead atoms. The summed E-state index contributed by atoms with van der Waals surface area (Å²) in [4.78, 5) is 11.9. The molecule has 0 atom stereocenters. The van der Waals surface area contributed by atoms with Gasteiger partial charge >= 0.3 is 0 Å². The highest BCUT2D eigenvalue weighted by molar-refractivity contribution is 9.10. The molecule has 0 aromatic heterocycles. The van der Waals surface area contributed by atoms with Gasteiger partial charge < -0.3 is 5.32 Å². The van der Waals surface area contributed by atoms with Crippen molar-refractivity contribution in [2.75, 3.05) is 5.32 Å². The molecular weight excluding hydrogens is 350 g/mol. The fourth-order valence-electron chi connectivity index (χ4n) is 1.80. The van der Waals surface area contributed by atoms with Crippen LogP contribution in [0.2, 0.25) is 5.02 Å². The van der Waals surface area contributed by atoms with Crippen LogP contribution in [0.15, 0.2) is 53.0 Å². The van der Waals surface area contributed by atoms with Gasteiger partial charge in [-0.05, 0) is 63.8 Å². The predicted molar refractivity (Wildman–Crippen MR) is 92.6 cm³/mol. The fraction of sp³-hybridized carbons (Fsp3) is 0.118. The number of nitrogens with one attached hydrogen (secondary N) is 1. The van der Waals surface area contributed by atoms with E-state index in [-0.39, 0.29) is 5.91 Å². The summed E-state index contributed by atoms with van der Waals surface area (Å²) < 4.78 is 0.884. The molecule has 2 aromatic carbocycles. The molecule has 0 heterocycles. The molecule has 2 aromatic rings. The summed E-state index contributed by atoms with van der Waals surface area (Å²) in [6.07, 6.45) is 4.21. The Hall–Kier alpha value is -1.58. The normalized spacial score (nSPS) is 10.8. The Morgan fingerprint density at radius 1 is 1.24 bits per heavy atom. The van der Waals surface area contributed by atoms with Crippen molar-refractivity contribution in [1.29, 1.82) is 0 Å². The second-order valence-electron chi connectivity index (χ2n) is 4.54. The summed E-state index contributed by atoms with van der Waals surface area (Å²) in [6.45, 7) is 2.09. The third kappa shape index (κ3) is 4.73. The summed E-state index contributed by atoms with van der Waals surface area (Å²) in [5.74, 6) is -0.171. The molecule has 0 spiro atoms. The van der Waals surface area contributed by atoms with Gasteiger partial charge in [-0.2, -0.15) is 0 Å². The Balaban J connectivity index is 2.03. The van der Waals surface area contributed by atoms with Gasteiger partial charge in [0.25, 0.3) is 0 Å². The van der Waals surface area contributed by atoms with Crippen LogP contribution in [-0.2, 0) is 11.2 Å². The Morgan fingerprint density at radius 3 is 2.57 bits per heavy atom. The van der Waals surface area contributed by atoms with Crippen LogP contribution in [0.3, 0.4) is 0 Å². The summed E-state index contributed by atoms with van der Waals surface area (Å²) >= 11 is 9.28. The molecule has 2 nitrogen and oxygen atoms in total. The van der Waals surface area contributed by atoms with Crippen molar-refractivity contribution in [2.45, 2.75) is 13.3 Å². The van der Waals surface area contributed by atoms with E-state index in [0.717, 1.165) is 22.1 Å². The van der Waals surface area contributed by atoms with Crippen molar-refractivity contribution < 1.29 is 4.79 Å². The van der Waals surface area contributed by atoms with Gasteiger partial charge in [0, 0.05) is 15.6 Å². The Bertz CT molecular complexity index is 665. The summed E-state index contributed by atoms with van der Waals surface area (Å²) in [6, 6.07) is 13.2. The molecule has 0 aliphatic rings. The molecule has 0 saturated heterocycles. The number of hydrogen-bond donors (Lipinski definition) is 1. The maximum absolute atomic E-state index is 11.9. The zero-order valence-corrected chi connectivity index (χ0v) is 13.9. The van der Waals surface area contributed by atoms with Crippen LogP contribution in [0.25, 0.3) is 6.08 Å². The Labute approximate surface area is 138 Å². The van der Waals surface area contributed by atoms with Gasteiger partial charge in [0.1, 0.15) is 0 Å². The van der Waals surface area contributed by atoms with Crippen molar-refractivity contribution in [1.82, 2.24) is 0 Å². The van der Waals surface area contributed by atoms with Gasteiger partial charge in [0.2, 0.25) is 5.91 Å². The lowest BCUT2D eigenvalue weighted by molar-refractivity contribution is -0.111. The minimum absolute atomic E-state index is 0.171. The number of carbonyl (C=O) groups is 1. The minimum Gasteiger partial charge on any atom is -0.321 e. The first-order valence-corrected chi connectivity index (χ1v) is 7.78. The van der Waals surface area contributed by atoms with E-state index in [2.05, 4.69) is 28.2 Å². The number of carbonyl (C=O) groups excluding carboxylic acids is 1. The van der Waals surface area contributed by atoms with Gasteiger partial charge in [0.05, 0.1) is 5.69 Å². The fourth-order valence-corrected chi connectivity index (χ4v) is 2.45. The minimum atomic E-state index is -0.171. The molecule has 1 N–H and O–H groups in total. The van der Waals surface area contributed by atoms with E-state index >= 15 is 0 Å². The molecule has 1 amide bonds. The van der Waals surface area contributed by atoms with E-state index in [1.54, 1.807) is 18.2 Å². The number of hydrogen-bond acceptors (Lipinski definition) is 1. The monoisotopic (exact) mass is 363 g/mol. The number of rotatable bonds is 4. The van der Waals surface area contributed by atoms with E-state index in [0.29, 0.717) is 5.02 Å². The van der Waals surface area contributed by atoms with Crippen LogP contribution >= 0.6 is 27.5 Å². The maximum atomic E-state index is 11.9. The van der Waals surface area contributed by atoms with E-state index in [9.17, 15) is 4.79 Å². The van der Waals surface area contributed by atoms with Crippen molar-refractivity contribution in [3.8, 4) is 0 Å². The Kier molecular flexibility index (Phi) is 5.59. The molecule has 0 radical (unpaired) electrons. The van der Waals surface area contributed by atoms with E-state index < -0.39 is 0 Å². The highest BCUT2D eigenvalue weighted by atomic mass is 79.9. The lowest BCUT2D eigenvalue weighted by Gasteiger charge is -2.06. The first-order valence-electron chi connectivity index (χ1n) is 6.61. The van der Waals surface area contributed by atoms with Crippen molar-refractivity contribution in [3.63, 3.8) is 0 Å². The van der Waals surface area contributed by atoms with Crippen LogP contribution < -0.4 is 5.32 Å². The second-order valence-corrected chi connectivity index (χ2v) is 5.83. The number of anilines is 1. The number of aryl methyl sites for hydroxylation is 1. The average Bonchev–Trinajstić information content (AvgIpc) is 2.48. The molecule has 2 rings (SSSR count). The lowest BCUT2D eigenvalue weighted by Crippen LogP contribution is -2.08. The zero-order chi connectivity index (χ0) is 15.2. The predicted octanol–water partition coefficient (Wildman–Crippen LogP) is 5.32. The third-order valence-electron chi connectivity index (χ3n) is 3.00. The number of benzene rings is 2. The quantitative estimate of drug-likeness (QED) is 0.731. The molecular formula is C17H15BrClNO. The van der Waals surface area contributed by atoms with E-state index in [4.69, 9.17) is 11.6 Å². The summed E-state index contributed by atoms with van der Waals surface area (Å²) in [5.41, 5.74) is 2.91. The lowest BCUT2D eigenvalue weighted by atomic mass is 10.1. The highest BCUT2D eigenvalue weighted by Gasteiger charge is 2.03. The van der Waals surface area contributed by atoms with E-state index in [1.807, 2.05) is 30.3 Å². The Morgan fingerprint density at radius 2 is 1.95 bits per heavy atom. The molecule has 0 saturated carbocycles. The molecule has 4 heteroatoms. The number of halogens is 2. The average molecular weight is 365 g/mol. The van der Waals surface area contributed by atoms with Gasteiger partial charge in [-0.3, -0.25) is 4.79 Å². The van der Waals surface area contributed by atoms with Crippen molar-refractivity contribution >= 4 is 45.2 Å². The largest absolute Gasteiger partial charge is 0.321 e. The zero-order valence-electron chi connectivity index (χ0n) is 11.6. The van der Waals surface area contributed by atoms with Gasteiger partial charge in [0.15, 0.2) is 0 Å². The van der Waals surface area contributed by atoms with Gasteiger partial charge in [-0.15, -0.1) is 0 Å². The van der Waals surface area contributed by atoms with Crippen molar-refractivity contribution in [3.05, 3.63) is 69.2 Å². The first kappa shape index (κ1) is 15.8. The smallest absolute Gasteiger partial charge is 0.248 e. The maximum Gasteiger partial charge on any atom is 0.248 e. The summed E-state index contributed by atoms with van der Waals surface area (Å²) in [5, 5.41) is 3.52. The van der Waals surface area contributed by atoms with Gasteiger partial charge in [-0.25, -0.2) is 0 Å². The third-order valence-corrected chi connectivity index (χ3v) is 3.90. The van der Waals surface area contributed by atoms with Crippen LogP contribution in [-0.4, -0.2) is 5.91 Å². The summed E-state index contributed by atoms with van der Waals surface area (Å²) in [7, 11) is 0. The molecule has 108 valence electrons. The van der Waals surface area contributed by atoms with E-state index in [1.165, 1.54) is 11.6 Å². The van der Waals surface area contributed by atoms with Gasteiger partial charge in [-0.1, -0.05) is 36.7 Å². The topological polar surface area (TPSA) is 29.1 Å². The highest BCUT2D eigenvalue weighted by Crippen LogP contribution is 2.24. The SMILES string of the molecule is CCc1ccc(NC(=O)/C=C/c2ccc(Cl)cc2)c(Br)c1. The molecule has 0 aliphatic heterocycles. The van der Waals surface area contributed by atoms with Crippen molar-refractivity contribution in [2.24, 2.45) is 0 Å². The van der Waals surface area contributed by atoms with Crippen LogP contribution in [0.5, 0.6) is 0 Å². The molecule has 21 heavy (non-hydrogen) atoms. The van der Waals surface area contributed by atoms with Crippen LogP contribution in [0.4, 0.5) is 5.69 Å². The molecule has 0 fully saturated rings. The second kappa shape index (κ2) is 7.43. The first-order chi connectivity index (χ1) is 10.1. The van der Waals surface area contributed by atoms with Crippen LogP contribution in [0, 0.1) is 0 Å². The molecule has 0 unspecified atom stereocenters. The molecule has 0 aliphatic carbocycles. The standard InChI is InChI=1S/C17H15BrClNO/c1-2-12-5-9-16(15(18)11-12)20-17(21)10-6-13-3-7-14(19)8-4-13/h3-11H,2H2,1H3,(H,20,21)/b10-6+.